The first kappa shape index (κ1) is 19.8. The second-order valence-corrected chi connectivity index (χ2v) is 6.46. The van der Waals surface area contributed by atoms with E-state index in [2.05, 4.69) is 5.32 Å². The van der Waals surface area contributed by atoms with Gasteiger partial charge in [-0.1, -0.05) is 29.8 Å². The number of benzene rings is 2. The highest BCUT2D eigenvalue weighted by Crippen LogP contribution is 2.23. The van der Waals surface area contributed by atoms with Crippen LogP contribution < -0.4 is 10.1 Å². The summed E-state index contributed by atoms with van der Waals surface area (Å²) in [7, 11) is 0. The summed E-state index contributed by atoms with van der Waals surface area (Å²) in [5.41, 5.74) is 2.35. The Bertz CT molecular complexity index is 806. The van der Waals surface area contributed by atoms with Gasteiger partial charge in [0, 0.05) is 10.7 Å². The second-order valence-electron chi connectivity index (χ2n) is 6.06. The maximum absolute atomic E-state index is 12.3. The van der Waals surface area contributed by atoms with Crippen LogP contribution in [0.5, 0.6) is 5.75 Å². The maximum atomic E-state index is 12.3. The Morgan fingerprint density at radius 3 is 2.42 bits per heavy atom. The Hall–Kier alpha value is -2.53. The summed E-state index contributed by atoms with van der Waals surface area (Å²) in [5, 5.41) is 3.26. The Morgan fingerprint density at radius 2 is 1.73 bits per heavy atom. The Kier molecular flexibility index (Phi) is 6.64. The van der Waals surface area contributed by atoms with Crippen molar-refractivity contribution in [2.45, 2.75) is 39.9 Å². The molecule has 2 atom stereocenters. The topological polar surface area (TPSA) is 64.6 Å². The first-order valence-corrected chi connectivity index (χ1v) is 8.65. The summed E-state index contributed by atoms with van der Waals surface area (Å²) in [5.74, 6) is -0.482. The van der Waals surface area contributed by atoms with Crippen LogP contribution in [0, 0.1) is 13.8 Å². The number of amides is 1. The molecule has 0 aromatic heterocycles. The minimum Gasteiger partial charge on any atom is -0.479 e. The van der Waals surface area contributed by atoms with Gasteiger partial charge in [-0.3, -0.25) is 4.79 Å². The zero-order valence-electron chi connectivity index (χ0n) is 15.2. The fourth-order valence-corrected chi connectivity index (χ4v) is 2.42. The molecular weight excluding hydrogens is 354 g/mol. The fraction of sp³-hybridized carbons (Fsp3) is 0.300. The van der Waals surface area contributed by atoms with Gasteiger partial charge in [0.1, 0.15) is 5.75 Å². The van der Waals surface area contributed by atoms with E-state index < -0.39 is 24.1 Å². The summed E-state index contributed by atoms with van der Waals surface area (Å²) >= 11 is 6.04. The standard InChI is InChI=1S/C20H22ClNO4/c1-12-7-5-8-16(11-12)25-15(4)20(24)26-14(3)19(23)22-18-10-6-9-17(21)13(18)2/h5-11,14-15H,1-4H3,(H,22,23)/t14-,15-/m0/s1. The van der Waals surface area contributed by atoms with Gasteiger partial charge in [-0.15, -0.1) is 0 Å². The van der Waals surface area contributed by atoms with Crippen LogP contribution in [0.1, 0.15) is 25.0 Å². The molecule has 5 nitrogen and oxygen atoms in total. The van der Waals surface area contributed by atoms with Gasteiger partial charge in [0.25, 0.3) is 5.91 Å². The molecule has 0 aliphatic carbocycles. The van der Waals surface area contributed by atoms with Crippen LogP contribution >= 0.6 is 11.6 Å². The third-order valence-corrected chi connectivity index (χ3v) is 4.23. The number of hydrogen-bond donors (Lipinski definition) is 1. The zero-order chi connectivity index (χ0) is 19.3. The lowest BCUT2D eigenvalue weighted by atomic mass is 10.2. The molecule has 0 fully saturated rings. The summed E-state index contributed by atoms with van der Waals surface area (Å²) < 4.78 is 10.8. The number of anilines is 1. The molecule has 2 aromatic rings. The number of carbonyl (C=O) groups is 2. The van der Waals surface area contributed by atoms with Gasteiger partial charge in [0.05, 0.1) is 0 Å². The number of nitrogens with one attached hydrogen (secondary N) is 1. The molecule has 0 heterocycles. The highest BCUT2D eigenvalue weighted by molar-refractivity contribution is 6.31. The van der Waals surface area contributed by atoms with E-state index in [0.29, 0.717) is 16.5 Å². The van der Waals surface area contributed by atoms with Crippen molar-refractivity contribution in [2.75, 3.05) is 5.32 Å². The first-order valence-electron chi connectivity index (χ1n) is 8.27. The third kappa shape index (κ3) is 5.23. The number of rotatable bonds is 6. The molecule has 6 heteroatoms. The SMILES string of the molecule is Cc1cccc(O[C@@H](C)C(=O)O[C@@H](C)C(=O)Nc2cccc(Cl)c2C)c1. The molecule has 0 aliphatic rings. The molecule has 1 N–H and O–H groups in total. The average molecular weight is 376 g/mol. The molecule has 0 bridgehead atoms. The third-order valence-electron chi connectivity index (χ3n) is 3.82. The predicted octanol–water partition coefficient (Wildman–Crippen LogP) is 4.29. The number of halogens is 1. The molecule has 0 saturated carbocycles. The van der Waals surface area contributed by atoms with E-state index in [1.807, 2.05) is 25.1 Å². The van der Waals surface area contributed by atoms with E-state index in [4.69, 9.17) is 21.1 Å². The van der Waals surface area contributed by atoms with Crippen molar-refractivity contribution in [1.29, 1.82) is 0 Å². The number of ether oxygens (including phenoxy) is 2. The lowest BCUT2D eigenvalue weighted by molar-refractivity contribution is -0.159. The van der Waals surface area contributed by atoms with E-state index in [-0.39, 0.29) is 0 Å². The molecule has 0 spiro atoms. The van der Waals surface area contributed by atoms with E-state index in [1.54, 1.807) is 38.1 Å². The first-order chi connectivity index (χ1) is 12.3. The van der Waals surface area contributed by atoms with Crippen molar-refractivity contribution in [2.24, 2.45) is 0 Å². The van der Waals surface area contributed by atoms with Crippen LogP contribution in [0.25, 0.3) is 0 Å². The van der Waals surface area contributed by atoms with Gasteiger partial charge in [-0.25, -0.2) is 4.79 Å². The average Bonchev–Trinajstić information content (AvgIpc) is 2.58. The lowest BCUT2D eigenvalue weighted by Crippen LogP contribution is -2.35. The van der Waals surface area contributed by atoms with Gasteiger partial charge in [-0.05, 0) is 63.1 Å². The van der Waals surface area contributed by atoms with Gasteiger partial charge in [0.2, 0.25) is 0 Å². The van der Waals surface area contributed by atoms with E-state index >= 15 is 0 Å². The maximum Gasteiger partial charge on any atom is 0.347 e. The van der Waals surface area contributed by atoms with E-state index in [0.717, 1.165) is 11.1 Å². The molecular formula is C20H22ClNO4. The molecule has 2 rings (SSSR count). The van der Waals surface area contributed by atoms with Crippen molar-refractivity contribution < 1.29 is 19.1 Å². The van der Waals surface area contributed by atoms with Crippen LogP contribution in [0.15, 0.2) is 42.5 Å². The van der Waals surface area contributed by atoms with E-state index in [1.165, 1.54) is 6.92 Å². The Labute approximate surface area is 158 Å². The van der Waals surface area contributed by atoms with Crippen molar-refractivity contribution in [3.8, 4) is 5.75 Å². The molecule has 1 amide bonds. The van der Waals surface area contributed by atoms with E-state index in [9.17, 15) is 9.59 Å². The zero-order valence-corrected chi connectivity index (χ0v) is 16.0. The molecule has 138 valence electrons. The number of hydrogen-bond acceptors (Lipinski definition) is 4. The van der Waals surface area contributed by atoms with Crippen LogP contribution in [-0.4, -0.2) is 24.1 Å². The molecule has 26 heavy (non-hydrogen) atoms. The molecule has 0 unspecified atom stereocenters. The highest BCUT2D eigenvalue weighted by Gasteiger charge is 2.23. The smallest absolute Gasteiger partial charge is 0.347 e. The van der Waals surface area contributed by atoms with Crippen LogP contribution in [0.4, 0.5) is 5.69 Å². The normalized spacial score (nSPS) is 12.8. The number of aryl methyl sites for hydroxylation is 1. The quantitative estimate of drug-likeness (QED) is 0.765. The van der Waals surface area contributed by atoms with Crippen molar-refractivity contribution >= 4 is 29.2 Å². The predicted molar refractivity (Wildman–Crippen MR) is 102 cm³/mol. The minimum atomic E-state index is -0.968. The van der Waals surface area contributed by atoms with Gasteiger partial charge >= 0.3 is 5.97 Å². The monoisotopic (exact) mass is 375 g/mol. The Balaban J connectivity index is 1.93. The highest BCUT2D eigenvalue weighted by atomic mass is 35.5. The number of esters is 1. The minimum absolute atomic E-state index is 0.438. The summed E-state index contributed by atoms with van der Waals surface area (Å²) in [4.78, 5) is 24.4. The fourth-order valence-electron chi connectivity index (χ4n) is 2.24. The molecule has 0 radical (unpaired) electrons. The molecule has 0 aliphatic heterocycles. The summed E-state index contributed by atoms with van der Waals surface area (Å²) in [6.45, 7) is 6.81. The lowest BCUT2D eigenvalue weighted by Gasteiger charge is -2.18. The Morgan fingerprint density at radius 1 is 1.04 bits per heavy atom. The van der Waals surface area contributed by atoms with Crippen molar-refractivity contribution in [3.05, 3.63) is 58.6 Å². The second kappa shape index (κ2) is 8.72. The van der Waals surface area contributed by atoms with Crippen molar-refractivity contribution in [3.63, 3.8) is 0 Å². The van der Waals surface area contributed by atoms with Gasteiger partial charge in [0.15, 0.2) is 12.2 Å². The van der Waals surface area contributed by atoms with Crippen LogP contribution in [0.2, 0.25) is 5.02 Å². The van der Waals surface area contributed by atoms with Gasteiger partial charge in [-0.2, -0.15) is 0 Å². The largest absolute Gasteiger partial charge is 0.479 e. The summed E-state index contributed by atoms with van der Waals surface area (Å²) in [6.07, 6.45) is -1.80. The van der Waals surface area contributed by atoms with Crippen LogP contribution in [0.3, 0.4) is 0 Å². The molecule has 2 aromatic carbocycles. The van der Waals surface area contributed by atoms with Crippen molar-refractivity contribution in [1.82, 2.24) is 0 Å². The number of carbonyl (C=O) groups excluding carboxylic acids is 2. The summed E-state index contributed by atoms with van der Waals surface area (Å²) in [6, 6.07) is 12.6. The molecule has 0 saturated heterocycles. The van der Waals surface area contributed by atoms with Crippen LogP contribution in [-0.2, 0) is 14.3 Å². The van der Waals surface area contributed by atoms with Gasteiger partial charge < -0.3 is 14.8 Å².